The normalized spacial score (nSPS) is 14.6. The monoisotopic (exact) mass is 260 g/mol. The summed E-state index contributed by atoms with van der Waals surface area (Å²) in [4.78, 5) is 27.2. The predicted octanol–water partition coefficient (Wildman–Crippen LogP) is 2.09. The van der Waals surface area contributed by atoms with Crippen LogP contribution in [0, 0.1) is 0 Å². The molecule has 0 N–H and O–H groups in total. The van der Waals surface area contributed by atoms with E-state index in [4.69, 9.17) is 9.26 Å². The van der Waals surface area contributed by atoms with Crippen LogP contribution in [-0.4, -0.2) is 29.0 Å². The first-order valence-corrected chi connectivity index (χ1v) is 6.17. The molecule has 6 nitrogen and oxygen atoms in total. The second-order valence-electron chi connectivity index (χ2n) is 4.46. The number of rotatable bonds is 4. The molecular formula is C13H12N2O4. The summed E-state index contributed by atoms with van der Waals surface area (Å²) < 4.78 is 10.0. The molecule has 0 unspecified atom stereocenters. The molecule has 2 aromatic heterocycles. The van der Waals surface area contributed by atoms with E-state index < -0.39 is 5.97 Å². The van der Waals surface area contributed by atoms with Crippen LogP contribution in [0.1, 0.15) is 52.2 Å². The van der Waals surface area contributed by atoms with Crippen LogP contribution in [0.3, 0.4) is 0 Å². The third kappa shape index (κ3) is 1.99. The lowest BCUT2D eigenvalue weighted by Gasteiger charge is -2.05. The molecule has 2 aromatic rings. The molecule has 1 fully saturated rings. The van der Waals surface area contributed by atoms with E-state index in [1.54, 1.807) is 13.0 Å². The highest BCUT2D eigenvalue weighted by molar-refractivity contribution is 6.07. The highest BCUT2D eigenvalue weighted by Crippen LogP contribution is 2.40. The van der Waals surface area contributed by atoms with Crippen LogP contribution >= 0.6 is 0 Å². The second kappa shape index (κ2) is 4.46. The Hall–Kier alpha value is -2.24. The number of fused-ring (bicyclic) bond motifs is 1. The first-order valence-electron chi connectivity index (χ1n) is 6.17. The average molecular weight is 260 g/mol. The fourth-order valence-corrected chi connectivity index (χ4v) is 2.03. The number of ether oxygens (including phenoxy) is 1. The van der Waals surface area contributed by atoms with Gasteiger partial charge in [-0.3, -0.25) is 4.79 Å². The number of nitrogens with zero attached hydrogens (tertiary/aromatic N) is 2. The Balaban J connectivity index is 2.21. The predicted molar refractivity (Wildman–Crippen MR) is 65.1 cm³/mol. The van der Waals surface area contributed by atoms with E-state index in [2.05, 4.69) is 10.1 Å². The fraction of sp³-hybridized carbons (Fsp3) is 0.385. The number of aldehydes is 1. The molecule has 0 radical (unpaired) electrons. The molecule has 0 saturated heterocycles. The van der Waals surface area contributed by atoms with Crippen molar-refractivity contribution in [3.05, 3.63) is 23.0 Å². The lowest BCUT2D eigenvalue weighted by atomic mass is 10.1. The molecule has 0 aliphatic heterocycles. The number of hydrogen-bond acceptors (Lipinski definition) is 6. The van der Waals surface area contributed by atoms with E-state index in [1.807, 2.05) is 0 Å². The van der Waals surface area contributed by atoms with Gasteiger partial charge < -0.3 is 9.26 Å². The summed E-state index contributed by atoms with van der Waals surface area (Å²) >= 11 is 0. The summed E-state index contributed by atoms with van der Waals surface area (Å²) in [5, 5.41) is 3.96. The maximum Gasteiger partial charge on any atom is 0.339 e. The third-order valence-electron chi connectivity index (χ3n) is 3.10. The minimum atomic E-state index is -0.483. The van der Waals surface area contributed by atoms with Gasteiger partial charge in [-0.2, -0.15) is 0 Å². The second-order valence-corrected chi connectivity index (χ2v) is 4.46. The van der Waals surface area contributed by atoms with Gasteiger partial charge in [-0.1, -0.05) is 5.16 Å². The summed E-state index contributed by atoms with van der Waals surface area (Å²) in [5.41, 5.74) is 1.39. The van der Waals surface area contributed by atoms with E-state index in [1.165, 1.54) is 0 Å². The zero-order chi connectivity index (χ0) is 13.4. The maximum absolute atomic E-state index is 12.0. The van der Waals surface area contributed by atoms with E-state index in [-0.39, 0.29) is 18.0 Å². The van der Waals surface area contributed by atoms with Crippen LogP contribution in [0.2, 0.25) is 0 Å². The van der Waals surface area contributed by atoms with Crippen LogP contribution in [0.15, 0.2) is 10.6 Å². The maximum atomic E-state index is 12.0. The number of pyridine rings is 1. The topological polar surface area (TPSA) is 82.3 Å². The molecule has 0 spiro atoms. The molecule has 0 bridgehead atoms. The molecule has 1 aliphatic rings. The van der Waals surface area contributed by atoms with Gasteiger partial charge >= 0.3 is 5.97 Å². The first-order chi connectivity index (χ1) is 9.24. The molecule has 2 heterocycles. The summed E-state index contributed by atoms with van der Waals surface area (Å²) in [5.74, 6) is -0.120. The highest BCUT2D eigenvalue weighted by Gasteiger charge is 2.29. The quantitative estimate of drug-likeness (QED) is 0.618. The SMILES string of the molecule is CCOC(=O)c1cc(C2CC2)nc2onc(C=O)c12. The molecule has 1 saturated carbocycles. The van der Waals surface area contributed by atoms with Gasteiger partial charge in [0.05, 0.1) is 17.6 Å². The lowest BCUT2D eigenvalue weighted by Crippen LogP contribution is -2.07. The van der Waals surface area contributed by atoms with Crippen LogP contribution < -0.4 is 0 Å². The van der Waals surface area contributed by atoms with Gasteiger partial charge in [0.25, 0.3) is 5.71 Å². The van der Waals surface area contributed by atoms with E-state index >= 15 is 0 Å². The van der Waals surface area contributed by atoms with Gasteiger partial charge in [0, 0.05) is 11.6 Å². The van der Waals surface area contributed by atoms with Gasteiger partial charge in [0.1, 0.15) is 0 Å². The number of esters is 1. The van der Waals surface area contributed by atoms with Crippen molar-refractivity contribution < 1.29 is 18.8 Å². The zero-order valence-corrected chi connectivity index (χ0v) is 10.4. The van der Waals surface area contributed by atoms with Crippen molar-refractivity contribution in [3.63, 3.8) is 0 Å². The van der Waals surface area contributed by atoms with Crippen LogP contribution in [0.25, 0.3) is 11.1 Å². The van der Waals surface area contributed by atoms with Gasteiger partial charge in [0.15, 0.2) is 12.0 Å². The smallest absolute Gasteiger partial charge is 0.339 e. The van der Waals surface area contributed by atoms with Crippen molar-refractivity contribution in [1.29, 1.82) is 0 Å². The Bertz CT molecular complexity index is 658. The number of aromatic nitrogens is 2. The Morgan fingerprint density at radius 1 is 1.58 bits per heavy atom. The van der Waals surface area contributed by atoms with Crippen molar-refractivity contribution in [3.8, 4) is 0 Å². The summed E-state index contributed by atoms with van der Waals surface area (Å²) in [6, 6.07) is 1.68. The first kappa shape index (κ1) is 11.8. The zero-order valence-electron chi connectivity index (χ0n) is 10.4. The molecule has 3 rings (SSSR count). The Morgan fingerprint density at radius 2 is 2.37 bits per heavy atom. The van der Waals surface area contributed by atoms with Gasteiger partial charge in [0.2, 0.25) is 0 Å². The van der Waals surface area contributed by atoms with Crippen molar-refractivity contribution >= 4 is 23.4 Å². The van der Waals surface area contributed by atoms with Crippen LogP contribution in [-0.2, 0) is 4.74 Å². The summed E-state index contributed by atoms with van der Waals surface area (Å²) in [6.07, 6.45) is 2.65. The summed E-state index contributed by atoms with van der Waals surface area (Å²) in [7, 11) is 0. The molecule has 0 amide bonds. The molecular weight excluding hydrogens is 248 g/mol. The Kier molecular flexibility index (Phi) is 2.77. The largest absolute Gasteiger partial charge is 0.462 e. The molecule has 19 heavy (non-hydrogen) atoms. The fourth-order valence-electron chi connectivity index (χ4n) is 2.03. The molecule has 98 valence electrons. The van der Waals surface area contributed by atoms with Crippen LogP contribution in [0.4, 0.5) is 0 Å². The number of hydrogen-bond donors (Lipinski definition) is 0. The molecule has 0 aromatic carbocycles. The van der Waals surface area contributed by atoms with Crippen molar-refractivity contribution in [2.24, 2.45) is 0 Å². The molecule has 0 atom stereocenters. The molecule has 6 heteroatoms. The lowest BCUT2D eigenvalue weighted by molar-refractivity contribution is 0.0528. The number of carbonyl (C=O) groups is 2. The van der Waals surface area contributed by atoms with Crippen molar-refractivity contribution in [2.45, 2.75) is 25.7 Å². The standard InChI is InChI=1S/C13H12N2O4/c1-2-18-13(17)8-5-9(7-3-4-7)14-12-11(8)10(6-16)15-19-12/h5-7H,2-4H2,1H3. The summed E-state index contributed by atoms with van der Waals surface area (Å²) in [6.45, 7) is 2.00. The van der Waals surface area contributed by atoms with Crippen molar-refractivity contribution in [2.75, 3.05) is 6.61 Å². The van der Waals surface area contributed by atoms with Gasteiger partial charge in [-0.25, -0.2) is 9.78 Å². The minimum Gasteiger partial charge on any atom is -0.462 e. The van der Waals surface area contributed by atoms with E-state index in [0.717, 1.165) is 18.5 Å². The van der Waals surface area contributed by atoms with Crippen LogP contribution in [0.5, 0.6) is 0 Å². The van der Waals surface area contributed by atoms with Gasteiger partial charge in [-0.15, -0.1) is 0 Å². The Labute approximate surface area is 108 Å². The molecule has 1 aliphatic carbocycles. The Morgan fingerprint density at radius 3 is 3.00 bits per heavy atom. The van der Waals surface area contributed by atoms with Crippen molar-refractivity contribution in [1.82, 2.24) is 10.1 Å². The minimum absolute atomic E-state index is 0.0768. The average Bonchev–Trinajstić information content (AvgIpc) is 3.18. The van der Waals surface area contributed by atoms with Gasteiger partial charge in [-0.05, 0) is 25.8 Å². The van der Waals surface area contributed by atoms with E-state index in [0.29, 0.717) is 23.2 Å². The highest BCUT2D eigenvalue weighted by atomic mass is 16.5. The third-order valence-corrected chi connectivity index (χ3v) is 3.10. The number of carbonyl (C=O) groups excluding carboxylic acids is 2. The van der Waals surface area contributed by atoms with E-state index in [9.17, 15) is 9.59 Å².